The number of nitrogens with one attached hydrogen (secondary N) is 1. The van der Waals surface area contributed by atoms with Crippen LogP contribution in [-0.4, -0.2) is 34.5 Å². The Morgan fingerprint density at radius 2 is 2.04 bits per heavy atom. The number of carbonyl (C=O) groups is 2. The Morgan fingerprint density at radius 1 is 1.39 bits per heavy atom. The molecule has 1 unspecified atom stereocenters. The fourth-order valence-corrected chi connectivity index (χ4v) is 1.74. The number of nitrogens with zero attached hydrogens (tertiary/aromatic N) is 2. The van der Waals surface area contributed by atoms with Gasteiger partial charge in [-0.05, 0) is 44.5 Å². The van der Waals surface area contributed by atoms with E-state index in [9.17, 15) is 18.4 Å². The number of amides is 1. The van der Waals surface area contributed by atoms with Crippen LogP contribution in [-0.2, 0) is 16.0 Å². The summed E-state index contributed by atoms with van der Waals surface area (Å²) in [4.78, 5) is 26.2. The molecule has 0 spiro atoms. The molecule has 1 rings (SSSR count). The number of Topliss-reactive ketones (excluding diaryl/α,β-unsaturated/α-hetero) is 1. The Labute approximate surface area is 132 Å². The standard InChI is InChI=1S/C15H17F2N3O3/c1-15(2,3)23-14(22)20-12(13(21)8-19-18)7-9-6-10(16)4-5-11(9)17/h4-6,8,12H,7H2,1-3H3,(H,20,22). The van der Waals surface area contributed by atoms with Gasteiger partial charge in [0, 0.05) is 6.42 Å². The Bertz CT molecular complexity index is 650. The zero-order valence-electron chi connectivity index (χ0n) is 13.0. The van der Waals surface area contributed by atoms with Crippen molar-refractivity contribution in [2.75, 3.05) is 0 Å². The molecule has 1 atom stereocenters. The van der Waals surface area contributed by atoms with Crippen molar-refractivity contribution >= 4 is 18.1 Å². The largest absolute Gasteiger partial charge is 0.444 e. The summed E-state index contributed by atoms with van der Waals surface area (Å²) >= 11 is 0. The fraction of sp³-hybridized carbons (Fsp3) is 0.400. The van der Waals surface area contributed by atoms with Gasteiger partial charge in [-0.1, -0.05) is 0 Å². The molecule has 23 heavy (non-hydrogen) atoms. The lowest BCUT2D eigenvalue weighted by atomic mass is 10.0. The average Bonchev–Trinajstić information content (AvgIpc) is 2.40. The number of ether oxygens (including phenoxy) is 1. The van der Waals surface area contributed by atoms with Gasteiger partial charge in [0.2, 0.25) is 0 Å². The lowest BCUT2D eigenvalue weighted by Gasteiger charge is -2.22. The first-order valence-electron chi connectivity index (χ1n) is 6.77. The zero-order chi connectivity index (χ0) is 17.6. The minimum absolute atomic E-state index is 0.106. The maximum Gasteiger partial charge on any atom is 0.408 e. The number of carbonyl (C=O) groups excluding carboxylic acids is 2. The van der Waals surface area contributed by atoms with Gasteiger partial charge in [0.15, 0.2) is 0 Å². The molecular formula is C15H17F2N3O3. The van der Waals surface area contributed by atoms with E-state index >= 15 is 0 Å². The second-order valence-electron chi connectivity index (χ2n) is 5.79. The predicted molar refractivity (Wildman–Crippen MR) is 77.9 cm³/mol. The van der Waals surface area contributed by atoms with Crippen LogP contribution in [0.5, 0.6) is 0 Å². The number of ketones is 1. The van der Waals surface area contributed by atoms with Crippen molar-refractivity contribution < 1.29 is 27.9 Å². The van der Waals surface area contributed by atoms with Crippen LogP contribution in [0.4, 0.5) is 13.6 Å². The minimum Gasteiger partial charge on any atom is -0.444 e. The first-order chi connectivity index (χ1) is 10.6. The van der Waals surface area contributed by atoms with Crippen molar-refractivity contribution in [1.29, 1.82) is 0 Å². The molecule has 0 saturated carbocycles. The minimum atomic E-state index is -1.27. The van der Waals surface area contributed by atoms with Crippen LogP contribution >= 0.6 is 0 Å². The molecule has 1 aromatic rings. The first kappa shape index (κ1) is 18.4. The van der Waals surface area contributed by atoms with Crippen molar-refractivity contribution in [3.63, 3.8) is 0 Å². The lowest BCUT2D eigenvalue weighted by Crippen LogP contribution is -2.45. The van der Waals surface area contributed by atoms with Gasteiger partial charge in [0.1, 0.15) is 23.3 Å². The molecule has 0 radical (unpaired) electrons. The summed E-state index contributed by atoms with van der Waals surface area (Å²) in [7, 11) is 0. The maximum atomic E-state index is 13.7. The van der Waals surface area contributed by atoms with Crippen molar-refractivity contribution in [3.05, 3.63) is 40.9 Å². The Hall–Kier alpha value is -2.60. The molecule has 0 saturated heterocycles. The molecule has 0 aliphatic rings. The number of benzene rings is 1. The van der Waals surface area contributed by atoms with Crippen LogP contribution in [0.3, 0.4) is 0 Å². The van der Waals surface area contributed by atoms with Gasteiger partial charge < -0.3 is 15.6 Å². The van der Waals surface area contributed by atoms with E-state index in [1.807, 2.05) is 0 Å². The molecule has 8 heteroatoms. The number of hydrogen-bond donors (Lipinski definition) is 1. The van der Waals surface area contributed by atoms with E-state index in [1.165, 1.54) is 0 Å². The predicted octanol–water partition coefficient (Wildman–Crippen LogP) is 2.27. The quantitative estimate of drug-likeness (QED) is 0.511. The Morgan fingerprint density at radius 3 is 2.61 bits per heavy atom. The molecule has 1 amide bonds. The Kier molecular flexibility index (Phi) is 6.10. The highest BCUT2D eigenvalue weighted by atomic mass is 19.1. The van der Waals surface area contributed by atoms with Gasteiger partial charge in [-0.3, -0.25) is 4.79 Å². The van der Waals surface area contributed by atoms with Crippen LogP contribution in [0.15, 0.2) is 18.2 Å². The lowest BCUT2D eigenvalue weighted by molar-refractivity contribution is -0.118. The fourth-order valence-electron chi connectivity index (χ4n) is 1.74. The summed E-state index contributed by atoms with van der Waals surface area (Å²) < 4.78 is 31.9. The van der Waals surface area contributed by atoms with Crippen LogP contribution in [0, 0.1) is 11.6 Å². The third kappa shape index (κ3) is 6.36. The van der Waals surface area contributed by atoms with E-state index in [4.69, 9.17) is 10.3 Å². The summed E-state index contributed by atoms with van der Waals surface area (Å²) in [6.07, 6.45) is -0.661. The molecule has 1 N–H and O–H groups in total. The number of rotatable bonds is 5. The van der Waals surface area contributed by atoms with Crippen LogP contribution in [0.25, 0.3) is 5.53 Å². The van der Waals surface area contributed by atoms with E-state index in [0.29, 0.717) is 6.21 Å². The van der Waals surface area contributed by atoms with Gasteiger partial charge in [0.25, 0.3) is 5.78 Å². The molecule has 0 aliphatic carbocycles. The molecule has 6 nitrogen and oxygen atoms in total. The van der Waals surface area contributed by atoms with Crippen molar-refractivity contribution in [1.82, 2.24) is 5.32 Å². The summed E-state index contributed by atoms with van der Waals surface area (Å²) in [5, 5.41) is 2.25. The molecule has 1 aromatic carbocycles. The monoisotopic (exact) mass is 325 g/mol. The SMILES string of the molecule is CC(C)(C)OC(=O)NC(Cc1cc(F)ccc1F)C(=O)C=[N+]=[N-]. The molecular weight excluding hydrogens is 308 g/mol. The van der Waals surface area contributed by atoms with Crippen molar-refractivity contribution in [2.24, 2.45) is 0 Å². The number of hydrogen-bond acceptors (Lipinski definition) is 3. The highest BCUT2D eigenvalue weighted by Gasteiger charge is 2.26. The Balaban J connectivity index is 2.97. The summed E-state index contributed by atoms with van der Waals surface area (Å²) in [5.74, 6) is -2.20. The molecule has 0 heterocycles. The molecule has 0 aromatic heterocycles. The van der Waals surface area contributed by atoms with Crippen LogP contribution in [0.2, 0.25) is 0 Å². The van der Waals surface area contributed by atoms with Gasteiger partial charge >= 0.3 is 12.3 Å². The number of halogens is 2. The van der Waals surface area contributed by atoms with Gasteiger partial charge in [-0.15, -0.1) is 0 Å². The topological polar surface area (TPSA) is 91.8 Å². The third-order valence-corrected chi connectivity index (χ3v) is 2.65. The molecule has 0 aliphatic heterocycles. The highest BCUT2D eigenvalue weighted by Crippen LogP contribution is 2.13. The third-order valence-electron chi connectivity index (χ3n) is 2.65. The maximum absolute atomic E-state index is 13.7. The van der Waals surface area contributed by atoms with Crippen molar-refractivity contribution in [2.45, 2.75) is 38.8 Å². The highest BCUT2D eigenvalue weighted by molar-refractivity contribution is 6.28. The second kappa shape index (κ2) is 7.60. The van der Waals surface area contributed by atoms with E-state index in [1.54, 1.807) is 20.8 Å². The summed E-state index contributed by atoms with van der Waals surface area (Å²) in [5.41, 5.74) is 7.54. The molecule has 0 bridgehead atoms. The summed E-state index contributed by atoms with van der Waals surface area (Å²) in [6.45, 7) is 4.89. The normalized spacial score (nSPS) is 12.0. The first-order valence-corrected chi connectivity index (χ1v) is 6.77. The van der Waals surface area contributed by atoms with Crippen LogP contribution in [0.1, 0.15) is 26.3 Å². The van der Waals surface area contributed by atoms with Gasteiger partial charge in [0.05, 0.1) is 0 Å². The van der Waals surface area contributed by atoms with Gasteiger partial charge in [-0.2, -0.15) is 4.79 Å². The molecule has 124 valence electrons. The van der Waals surface area contributed by atoms with E-state index in [-0.39, 0.29) is 12.0 Å². The number of alkyl carbamates (subject to hydrolysis) is 1. The van der Waals surface area contributed by atoms with E-state index in [0.717, 1.165) is 18.2 Å². The van der Waals surface area contributed by atoms with E-state index < -0.39 is 35.2 Å². The van der Waals surface area contributed by atoms with Crippen LogP contribution < -0.4 is 5.32 Å². The smallest absolute Gasteiger partial charge is 0.408 e. The van der Waals surface area contributed by atoms with Crippen molar-refractivity contribution in [3.8, 4) is 0 Å². The summed E-state index contributed by atoms with van der Waals surface area (Å²) in [6, 6.07) is 1.51. The zero-order valence-corrected chi connectivity index (χ0v) is 13.0. The molecule has 0 fully saturated rings. The average molecular weight is 325 g/mol. The van der Waals surface area contributed by atoms with Gasteiger partial charge in [-0.25, -0.2) is 13.6 Å². The van der Waals surface area contributed by atoms with E-state index in [2.05, 4.69) is 10.1 Å². The second-order valence-corrected chi connectivity index (χ2v) is 5.79.